The van der Waals surface area contributed by atoms with Gasteiger partial charge in [-0.15, -0.1) is 0 Å². The molecule has 0 aromatic carbocycles. The van der Waals surface area contributed by atoms with Crippen molar-refractivity contribution in [2.75, 3.05) is 6.54 Å². The molecule has 4 atom stereocenters. The Morgan fingerprint density at radius 2 is 2.08 bits per heavy atom. The van der Waals surface area contributed by atoms with E-state index >= 15 is 0 Å². The molecule has 13 heavy (non-hydrogen) atoms. The summed E-state index contributed by atoms with van der Waals surface area (Å²) in [6.45, 7) is 7.23. The molecule has 2 N–H and O–H groups in total. The molecule has 0 amide bonds. The second-order valence-electron chi connectivity index (χ2n) is 4.76. The molecule has 0 radical (unpaired) electrons. The summed E-state index contributed by atoms with van der Waals surface area (Å²) in [6.07, 6.45) is 3.72. The molecule has 2 heteroatoms. The van der Waals surface area contributed by atoms with Crippen molar-refractivity contribution in [2.24, 2.45) is 11.8 Å². The zero-order valence-corrected chi connectivity index (χ0v) is 9.09. The first-order chi connectivity index (χ1) is 6.09. The Hall–Kier alpha value is -0.0800. The second kappa shape index (κ2) is 4.97. The first kappa shape index (κ1) is 11.0. The lowest BCUT2D eigenvalue weighted by molar-refractivity contribution is 0.163. The van der Waals surface area contributed by atoms with Crippen molar-refractivity contribution in [3.63, 3.8) is 0 Å². The lowest BCUT2D eigenvalue weighted by atomic mass is 9.80. The van der Waals surface area contributed by atoms with E-state index in [9.17, 15) is 0 Å². The third-order valence-electron chi connectivity index (χ3n) is 3.11. The molecule has 1 aliphatic carbocycles. The average Bonchev–Trinajstić information content (AvgIpc) is 2.02. The molecule has 0 spiro atoms. The van der Waals surface area contributed by atoms with Gasteiger partial charge in [-0.1, -0.05) is 13.8 Å². The van der Waals surface area contributed by atoms with Gasteiger partial charge in [-0.25, -0.2) is 0 Å². The van der Waals surface area contributed by atoms with Gasteiger partial charge in [0, 0.05) is 12.6 Å². The van der Waals surface area contributed by atoms with Crippen molar-refractivity contribution in [2.45, 2.75) is 52.2 Å². The molecule has 78 valence electrons. The number of rotatable bonds is 3. The first-order valence-electron chi connectivity index (χ1n) is 5.51. The Bertz CT molecular complexity index is 147. The predicted molar refractivity (Wildman–Crippen MR) is 55.7 cm³/mol. The highest BCUT2D eigenvalue weighted by molar-refractivity contribution is 4.81. The smallest absolute Gasteiger partial charge is 0.0636 e. The molecule has 3 unspecified atom stereocenters. The van der Waals surface area contributed by atoms with E-state index in [0.29, 0.717) is 6.04 Å². The minimum Gasteiger partial charge on any atom is -0.392 e. The Morgan fingerprint density at radius 3 is 2.62 bits per heavy atom. The highest BCUT2D eigenvalue weighted by atomic mass is 16.3. The minimum absolute atomic E-state index is 0.216. The van der Waals surface area contributed by atoms with E-state index in [-0.39, 0.29) is 6.10 Å². The Balaban J connectivity index is 2.25. The van der Waals surface area contributed by atoms with E-state index in [4.69, 9.17) is 5.11 Å². The summed E-state index contributed by atoms with van der Waals surface area (Å²) in [7, 11) is 0. The van der Waals surface area contributed by atoms with Crippen LogP contribution in [0.25, 0.3) is 0 Å². The summed E-state index contributed by atoms with van der Waals surface area (Å²) >= 11 is 0. The van der Waals surface area contributed by atoms with Gasteiger partial charge >= 0.3 is 0 Å². The highest BCUT2D eigenvalue weighted by Crippen LogP contribution is 2.28. The van der Waals surface area contributed by atoms with Gasteiger partial charge < -0.3 is 10.4 Å². The number of hydrogen-bond donors (Lipinski definition) is 2. The predicted octanol–water partition coefficient (Wildman–Crippen LogP) is 1.78. The molecule has 1 saturated carbocycles. The fraction of sp³-hybridized carbons (Fsp3) is 1.00. The third kappa shape index (κ3) is 3.65. The van der Waals surface area contributed by atoms with Crippen LogP contribution in [0.4, 0.5) is 0 Å². The van der Waals surface area contributed by atoms with Gasteiger partial charge in [-0.3, -0.25) is 0 Å². The molecule has 1 aliphatic rings. The molecule has 0 aliphatic heterocycles. The first-order valence-corrected chi connectivity index (χ1v) is 5.51. The fourth-order valence-electron chi connectivity index (χ4n) is 2.29. The van der Waals surface area contributed by atoms with E-state index in [1.54, 1.807) is 0 Å². The zero-order valence-electron chi connectivity index (χ0n) is 9.09. The van der Waals surface area contributed by atoms with Gasteiger partial charge in [-0.2, -0.15) is 0 Å². The van der Waals surface area contributed by atoms with Crippen LogP contribution in [-0.2, 0) is 0 Å². The Labute approximate surface area is 81.7 Å². The minimum atomic E-state index is -0.216. The van der Waals surface area contributed by atoms with Crippen molar-refractivity contribution in [3.05, 3.63) is 0 Å². The van der Waals surface area contributed by atoms with Gasteiger partial charge in [0.2, 0.25) is 0 Å². The molecule has 0 heterocycles. The van der Waals surface area contributed by atoms with E-state index in [1.807, 2.05) is 6.92 Å². The van der Waals surface area contributed by atoms with E-state index < -0.39 is 0 Å². The molecule has 2 nitrogen and oxygen atoms in total. The molecule has 1 fully saturated rings. The molecule has 0 aromatic rings. The van der Waals surface area contributed by atoms with Crippen LogP contribution in [0, 0.1) is 11.8 Å². The van der Waals surface area contributed by atoms with Crippen molar-refractivity contribution < 1.29 is 5.11 Å². The van der Waals surface area contributed by atoms with Crippen LogP contribution in [0.2, 0.25) is 0 Å². The summed E-state index contributed by atoms with van der Waals surface area (Å²) < 4.78 is 0. The maximum Gasteiger partial charge on any atom is 0.0636 e. The maximum absolute atomic E-state index is 9.16. The van der Waals surface area contributed by atoms with E-state index in [1.165, 1.54) is 19.3 Å². The maximum atomic E-state index is 9.16. The average molecular weight is 185 g/mol. The quantitative estimate of drug-likeness (QED) is 0.702. The van der Waals surface area contributed by atoms with Crippen molar-refractivity contribution in [1.82, 2.24) is 5.32 Å². The summed E-state index contributed by atoms with van der Waals surface area (Å²) in [5.74, 6) is 1.65. The second-order valence-corrected chi connectivity index (χ2v) is 4.76. The Kier molecular flexibility index (Phi) is 4.20. The van der Waals surface area contributed by atoms with Gasteiger partial charge in [0.25, 0.3) is 0 Å². The zero-order chi connectivity index (χ0) is 9.84. The van der Waals surface area contributed by atoms with Gasteiger partial charge in [-0.05, 0) is 38.0 Å². The van der Waals surface area contributed by atoms with Crippen LogP contribution in [0.1, 0.15) is 40.0 Å². The SMILES string of the molecule is CC1CCC(NC[C@@H](C)O)C(C)C1. The van der Waals surface area contributed by atoms with Crippen molar-refractivity contribution >= 4 is 0 Å². The third-order valence-corrected chi connectivity index (χ3v) is 3.11. The van der Waals surface area contributed by atoms with Crippen LogP contribution in [-0.4, -0.2) is 23.8 Å². The summed E-state index contributed by atoms with van der Waals surface area (Å²) in [5, 5.41) is 12.6. The molecule has 1 rings (SSSR count). The monoisotopic (exact) mass is 185 g/mol. The van der Waals surface area contributed by atoms with Gasteiger partial charge in [0.05, 0.1) is 6.10 Å². The number of nitrogens with one attached hydrogen (secondary N) is 1. The topological polar surface area (TPSA) is 32.3 Å². The number of aliphatic hydroxyl groups is 1. The largest absolute Gasteiger partial charge is 0.392 e. The number of aliphatic hydroxyl groups excluding tert-OH is 1. The van der Waals surface area contributed by atoms with E-state index in [0.717, 1.165) is 18.4 Å². The fourth-order valence-corrected chi connectivity index (χ4v) is 2.29. The molecular formula is C11H23NO. The Morgan fingerprint density at radius 1 is 1.38 bits per heavy atom. The van der Waals surface area contributed by atoms with Gasteiger partial charge in [0.1, 0.15) is 0 Å². The van der Waals surface area contributed by atoms with Crippen LogP contribution < -0.4 is 5.32 Å². The van der Waals surface area contributed by atoms with Crippen molar-refractivity contribution in [1.29, 1.82) is 0 Å². The molecular weight excluding hydrogens is 162 g/mol. The standard InChI is InChI=1S/C11H23NO/c1-8-4-5-11(9(2)6-8)12-7-10(3)13/h8-13H,4-7H2,1-3H3/t8?,9?,10-,11?/m1/s1. The highest BCUT2D eigenvalue weighted by Gasteiger charge is 2.24. The van der Waals surface area contributed by atoms with Crippen LogP contribution in [0.3, 0.4) is 0 Å². The number of hydrogen-bond acceptors (Lipinski definition) is 2. The van der Waals surface area contributed by atoms with E-state index in [2.05, 4.69) is 19.2 Å². The van der Waals surface area contributed by atoms with Crippen LogP contribution in [0.15, 0.2) is 0 Å². The van der Waals surface area contributed by atoms with Crippen LogP contribution in [0.5, 0.6) is 0 Å². The van der Waals surface area contributed by atoms with Crippen LogP contribution >= 0.6 is 0 Å². The normalized spacial score (nSPS) is 37.4. The molecule has 0 aromatic heterocycles. The lowest BCUT2D eigenvalue weighted by Gasteiger charge is -2.33. The summed E-state index contributed by atoms with van der Waals surface area (Å²) in [4.78, 5) is 0. The van der Waals surface area contributed by atoms with Gasteiger partial charge in [0.15, 0.2) is 0 Å². The molecule has 0 saturated heterocycles. The molecule has 0 bridgehead atoms. The lowest BCUT2D eigenvalue weighted by Crippen LogP contribution is -2.41. The van der Waals surface area contributed by atoms with Crippen molar-refractivity contribution in [3.8, 4) is 0 Å². The summed E-state index contributed by atoms with van der Waals surface area (Å²) in [5.41, 5.74) is 0. The summed E-state index contributed by atoms with van der Waals surface area (Å²) in [6, 6.07) is 0.630.